The Hall–Kier alpha value is -2.74. The molecule has 0 N–H and O–H groups in total. The molecule has 0 aliphatic heterocycles. The summed E-state index contributed by atoms with van der Waals surface area (Å²) in [4.78, 5) is 0. The van der Waals surface area contributed by atoms with Gasteiger partial charge in [0, 0.05) is 5.56 Å². The molecule has 39 heavy (non-hydrogen) atoms. The van der Waals surface area contributed by atoms with Crippen molar-refractivity contribution in [3.05, 3.63) is 72.3 Å². The van der Waals surface area contributed by atoms with Crippen LogP contribution in [0.15, 0.2) is 66.7 Å². The van der Waals surface area contributed by atoms with Gasteiger partial charge in [0.05, 0.1) is 13.2 Å². The van der Waals surface area contributed by atoms with E-state index >= 15 is 0 Å². The van der Waals surface area contributed by atoms with Gasteiger partial charge in [-0.2, -0.15) is 0 Å². The SMILES string of the molecule is CCCCCCCCCCCCCOc1cc(C)ccc1-c1ccc(-c2ccc(OCCCCC)cc2)cc1. The Balaban J connectivity index is 1.45. The monoisotopic (exact) mass is 528 g/mol. The molecular weight excluding hydrogens is 476 g/mol. The van der Waals surface area contributed by atoms with Crippen LogP contribution in [0.5, 0.6) is 11.5 Å². The van der Waals surface area contributed by atoms with Crippen LogP contribution in [0.1, 0.15) is 109 Å². The van der Waals surface area contributed by atoms with Crippen LogP contribution in [-0.4, -0.2) is 13.2 Å². The van der Waals surface area contributed by atoms with Gasteiger partial charge < -0.3 is 9.47 Å². The van der Waals surface area contributed by atoms with E-state index in [0.29, 0.717) is 0 Å². The van der Waals surface area contributed by atoms with Gasteiger partial charge in [-0.3, -0.25) is 0 Å². The van der Waals surface area contributed by atoms with Gasteiger partial charge in [0.1, 0.15) is 11.5 Å². The van der Waals surface area contributed by atoms with E-state index in [1.54, 1.807) is 0 Å². The van der Waals surface area contributed by atoms with E-state index < -0.39 is 0 Å². The second kappa shape index (κ2) is 18.5. The van der Waals surface area contributed by atoms with Crippen molar-refractivity contribution < 1.29 is 9.47 Å². The summed E-state index contributed by atoms with van der Waals surface area (Å²) in [6, 6.07) is 23.9. The lowest BCUT2D eigenvalue weighted by molar-refractivity contribution is 0.305. The molecule has 3 aromatic carbocycles. The highest BCUT2D eigenvalue weighted by molar-refractivity contribution is 5.74. The van der Waals surface area contributed by atoms with Gasteiger partial charge in [-0.1, -0.05) is 139 Å². The summed E-state index contributed by atoms with van der Waals surface area (Å²) in [5.41, 5.74) is 6.03. The molecule has 2 heteroatoms. The minimum atomic E-state index is 0.790. The number of rotatable bonds is 20. The predicted octanol–water partition coefficient (Wildman–Crippen LogP) is 11.6. The third kappa shape index (κ3) is 11.5. The lowest BCUT2D eigenvalue weighted by Crippen LogP contribution is -1.99. The molecule has 3 aromatic rings. The van der Waals surface area contributed by atoms with E-state index in [0.717, 1.165) is 37.6 Å². The molecule has 0 saturated heterocycles. The molecule has 2 nitrogen and oxygen atoms in total. The van der Waals surface area contributed by atoms with Crippen LogP contribution in [0.25, 0.3) is 22.3 Å². The largest absolute Gasteiger partial charge is 0.494 e. The summed E-state index contributed by atoms with van der Waals surface area (Å²) in [6.45, 7) is 8.22. The fourth-order valence-electron chi connectivity index (χ4n) is 5.06. The van der Waals surface area contributed by atoms with Crippen LogP contribution in [0.2, 0.25) is 0 Å². The van der Waals surface area contributed by atoms with Gasteiger partial charge in [0.2, 0.25) is 0 Å². The summed E-state index contributed by atoms with van der Waals surface area (Å²) in [6.07, 6.45) is 18.4. The topological polar surface area (TPSA) is 18.5 Å². The van der Waals surface area contributed by atoms with Crippen molar-refractivity contribution in [2.75, 3.05) is 13.2 Å². The Morgan fingerprint density at radius 3 is 1.54 bits per heavy atom. The third-order valence-electron chi connectivity index (χ3n) is 7.54. The highest BCUT2D eigenvalue weighted by atomic mass is 16.5. The van der Waals surface area contributed by atoms with Crippen molar-refractivity contribution in [1.82, 2.24) is 0 Å². The minimum Gasteiger partial charge on any atom is -0.494 e. The maximum Gasteiger partial charge on any atom is 0.127 e. The van der Waals surface area contributed by atoms with Crippen LogP contribution in [0.3, 0.4) is 0 Å². The van der Waals surface area contributed by atoms with E-state index in [1.807, 2.05) is 0 Å². The van der Waals surface area contributed by atoms with Crippen molar-refractivity contribution in [1.29, 1.82) is 0 Å². The minimum absolute atomic E-state index is 0.790. The number of aryl methyl sites for hydroxylation is 1. The molecule has 0 fully saturated rings. The molecule has 0 radical (unpaired) electrons. The van der Waals surface area contributed by atoms with Crippen LogP contribution in [0, 0.1) is 6.92 Å². The normalized spacial score (nSPS) is 11.1. The highest BCUT2D eigenvalue weighted by Gasteiger charge is 2.08. The summed E-state index contributed by atoms with van der Waals surface area (Å²) in [5.74, 6) is 1.95. The molecule has 0 aromatic heterocycles. The summed E-state index contributed by atoms with van der Waals surface area (Å²) >= 11 is 0. The average molecular weight is 529 g/mol. The standard InChI is InChI=1S/C37H52O2/c1-4-6-8-9-10-11-12-13-14-15-17-29-39-37-30-31(3)18-27-36(37)34-21-19-32(20-22-34)33-23-25-35(26-24-33)38-28-16-7-5-2/h18-27,30H,4-17,28-29H2,1-3H3. The van der Waals surface area contributed by atoms with Crippen LogP contribution >= 0.6 is 0 Å². The maximum absolute atomic E-state index is 6.32. The molecule has 0 bridgehead atoms. The Bertz CT molecular complexity index is 1040. The van der Waals surface area contributed by atoms with Crippen molar-refractivity contribution in [3.63, 3.8) is 0 Å². The molecule has 0 spiro atoms. The smallest absolute Gasteiger partial charge is 0.127 e. The van der Waals surface area contributed by atoms with Crippen molar-refractivity contribution in [2.24, 2.45) is 0 Å². The van der Waals surface area contributed by atoms with Gasteiger partial charge in [0.15, 0.2) is 0 Å². The zero-order valence-electron chi connectivity index (χ0n) is 25.0. The number of benzene rings is 3. The molecule has 3 rings (SSSR count). The zero-order chi connectivity index (χ0) is 27.5. The molecule has 0 saturated carbocycles. The van der Waals surface area contributed by atoms with Crippen LogP contribution in [0.4, 0.5) is 0 Å². The molecule has 0 aliphatic carbocycles. The quantitative estimate of drug-likeness (QED) is 0.136. The van der Waals surface area contributed by atoms with Gasteiger partial charge in [0.25, 0.3) is 0 Å². The number of hydrogen-bond donors (Lipinski definition) is 0. The Kier molecular flexibility index (Phi) is 14.6. The van der Waals surface area contributed by atoms with Crippen LogP contribution < -0.4 is 9.47 Å². The number of unbranched alkanes of at least 4 members (excludes halogenated alkanes) is 12. The summed E-state index contributed by atoms with van der Waals surface area (Å²) in [5, 5.41) is 0. The van der Waals surface area contributed by atoms with E-state index in [2.05, 4.69) is 87.5 Å². The van der Waals surface area contributed by atoms with E-state index in [1.165, 1.54) is 105 Å². The number of ether oxygens (including phenoxy) is 2. The van der Waals surface area contributed by atoms with Crippen molar-refractivity contribution in [2.45, 2.75) is 111 Å². The van der Waals surface area contributed by atoms with E-state index in [-0.39, 0.29) is 0 Å². The van der Waals surface area contributed by atoms with E-state index in [4.69, 9.17) is 9.47 Å². The molecule has 0 heterocycles. The molecule has 212 valence electrons. The average Bonchev–Trinajstić information content (AvgIpc) is 2.96. The Labute approximate surface area is 239 Å². The van der Waals surface area contributed by atoms with Gasteiger partial charge in [-0.05, 0) is 60.2 Å². The first kappa shape index (κ1) is 30.8. The summed E-state index contributed by atoms with van der Waals surface area (Å²) in [7, 11) is 0. The highest BCUT2D eigenvalue weighted by Crippen LogP contribution is 2.33. The molecule has 0 unspecified atom stereocenters. The predicted molar refractivity (Wildman–Crippen MR) is 169 cm³/mol. The number of hydrogen-bond acceptors (Lipinski definition) is 2. The van der Waals surface area contributed by atoms with Crippen molar-refractivity contribution >= 4 is 0 Å². The molecule has 0 atom stereocenters. The van der Waals surface area contributed by atoms with Gasteiger partial charge in [-0.15, -0.1) is 0 Å². The van der Waals surface area contributed by atoms with Crippen molar-refractivity contribution in [3.8, 4) is 33.8 Å². The van der Waals surface area contributed by atoms with E-state index in [9.17, 15) is 0 Å². The first-order valence-corrected chi connectivity index (χ1v) is 15.8. The van der Waals surface area contributed by atoms with Crippen LogP contribution in [-0.2, 0) is 0 Å². The first-order chi connectivity index (χ1) is 19.2. The fraction of sp³-hybridized carbons (Fsp3) is 0.514. The summed E-state index contributed by atoms with van der Waals surface area (Å²) < 4.78 is 12.2. The first-order valence-electron chi connectivity index (χ1n) is 15.8. The fourth-order valence-corrected chi connectivity index (χ4v) is 5.06. The third-order valence-corrected chi connectivity index (χ3v) is 7.54. The molecular formula is C37H52O2. The van der Waals surface area contributed by atoms with Gasteiger partial charge in [-0.25, -0.2) is 0 Å². The second-order valence-corrected chi connectivity index (χ2v) is 11.0. The Morgan fingerprint density at radius 1 is 0.462 bits per heavy atom. The molecule has 0 aliphatic rings. The zero-order valence-corrected chi connectivity index (χ0v) is 25.0. The lowest BCUT2D eigenvalue weighted by atomic mass is 9.99. The second-order valence-electron chi connectivity index (χ2n) is 11.0. The van der Waals surface area contributed by atoms with Gasteiger partial charge >= 0.3 is 0 Å². The maximum atomic E-state index is 6.32. The Morgan fingerprint density at radius 2 is 0.923 bits per heavy atom. The molecule has 0 amide bonds. The lowest BCUT2D eigenvalue weighted by Gasteiger charge is -2.13.